The number of esters is 2. The van der Waals surface area contributed by atoms with Crippen LogP contribution < -0.4 is 9.64 Å². The van der Waals surface area contributed by atoms with Gasteiger partial charge in [-0.15, -0.1) is 0 Å². The number of hydrogen-bond donors (Lipinski definition) is 0. The van der Waals surface area contributed by atoms with Crippen LogP contribution in [0.3, 0.4) is 0 Å². The Morgan fingerprint density at radius 1 is 1.33 bits per heavy atom. The molecule has 0 radical (unpaired) electrons. The lowest BCUT2D eigenvalue weighted by atomic mass is 10.3. The average molecular weight is 352 g/mol. The molecule has 0 bridgehead atoms. The molecule has 0 saturated heterocycles. The maximum atomic E-state index is 13.5. The predicted octanol–water partition coefficient (Wildman–Crippen LogP) is 2.89. The Balaban J connectivity index is 2.04. The van der Waals surface area contributed by atoms with Crippen molar-refractivity contribution >= 4 is 28.4 Å². The van der Waals surface area contributed by atoms with Crippen LogP contribution in [0.15, 0.2) is 30.5 Å². The second kappa shape index (κ2) is 8.39. The van der Waals surface area contributed by atoms with Crippen molar-refractivity contribution < 1.29 is 23.5 Å². The molecule has 0 aliphatic rings. The normalized spacial score (nSPS) is 10.3. The van der Waals surface area contributed by atoms with Crippen LogP contribution in [-0.4, -0.2) is 37.1 Å². The standard InChI is InChI=1S/C16H17FN2O4S/c1-3-19(9-8-14(20)22-2)16-18-10-13(24-16)15(21)23-12-7-5-4-6-11(12)17/h4-7,10H,3,8-9H2,1-2H3. The van der Waals surface area contributed by atoms with Crippen molar-refractivity contribution in [1.82, 2.24) is 4.98 Å². The van der Waals surface area contributed by atoms with Crippen molar-refractivity contribution in [3.63, 3.8) is 0 Å². The molecule has 0 atom stereocenters. The van der Waals surface area contributed by atoms with Crippen molar-refractivity contribution in [2.24, 2.45) is 0 Å². The first-order chi connectivity index (χ1) is 11.5. The van der Waals surface area contributed by atoms with E-state index < -0.39 is 11.8 Å². The summed E-state index contributed by atoms with van der Waals surface area (Å²) >= 11 is 1.12. The Bertz CT molecular complexity index is 720. The van der Waals surface area contributed by atoms with Gasteiger partial charge in [0, 0.05) is 13.1 Å². The molecule has 0 fully saturated rings. The number of halogens is 1. The topological polar surface area (TPSA) is 68.7 Å². The summed E-state index contributed by atoms with van der Waals surface area (Å²) in [4.78, 5) is 29.6. The van der Waals surface area contributed by atoms with Crippen molar-refractivity contribution in [3.8, 4) is 5.75 Å². The first-order valence-corrected chi connectivity index (χ1v) is 8.11. The van der Waals surface area contributed by atoms with Crippen molar-refractivity contribution in [1.29, 1.82) is 0 Å². The number of thiazole rings is 1. The second-order valence-electron chi connectivity index (χ2n) is 4.73. The van der Waals surface area contributed by atoms with Gasteiger partial charge in [-0.2, -0.15) is 0 Å². The van der Waals surface area contributed by atoms with Gasteiger partial charge in [0.05, 0.1) is 19.7 Å². The lowest BCUT2D eigenvalue weighted by Gasteiger charge is -2.18. The van der Waals surface area contributed by atoms with Gasteiger partial charge in [-0.3, -0.25) is 4.79 Å². The Morgan fingerprint density at radius 2 is 2.08 bits per heavy atom. The highest BCUT2D eigenvalue weighted by Gasteiger charge is 2.18. The number of carbonyl (C=O) groups is 2. The minimum absolute atomic E-state index is 0.129. The zero-order valence-corrected chi connectivity index (χ0v) is 14.1. The zero-order chi connectivity index (χ0) is 17.5. The summed E-state index contributed by atoms with van der Waals surface area (Å²) in [5.41, 5.74) is 0. The predicted molar refractivity (Wildman–Crippen MR) is 88.0 cm³/mol. The summed E-state index contributed by atoms with van der Waals surface area (Å²) in [6.45, 7) is 2.96. The second-order valence-corrected chi connectivity index (χ2v) is 5.74. The summed E-state index contributed by atoms with van der Waals surface area (Å²) < 4.78 is 23.2. The van der Waals surface area contributed by atoms with Crippen LogP contribution in [0.2, 0.25) is 0 Å². The fourth-order valence-corrected chi connectivity index (χ4v) is 2.78. The van der Waals surface area contributed by atoms with Crippen LogP contribution >= 0.6 is 11.3 Å². The summed E-state index contributed by atoms with van der Waals surface area (Å²) in [7, 11) is 1.33. The van der Waals surface area contributed by atoms with Crippen LogP contribution in [-0.2, 0) is 9.53 Å². The number of anilines is 1. The van der Waals surface area contributed by atoms with Gasteiger partial charge in [0.25, 0.3) is 0 Å². The Labute approximate surface area is 142 Å². The quantitative estimate of drug-likeness (QED) is 0.564. The minimum Gasteiger partial charge on any atom is -0.469 e. The van der Waals surface area contributed by atoms with Crippen LogP contribution in [0.25, 0.3) is 0 Å². The SMILES string of the molecule is CCN(CCC(=O)OC)c1ncc(C(=O)Oc2ccccc2F)s1. The fourth-order valence-electron chi connectivity index (χ4n) is 1.90. The van der Waals surface area contributed by atoms with E-state index in [2.05, 4.69) is 9.72 Å². The van der Waals surface area contributed by atoms with Gasteiger partial charge in [0.15, 0.2) is 16.7 Å². The highest BCUT2D eigenvalue weighted by atomic mass is 32.1. The molecule has 0 spiro atoms. The molecule has 0 N–H and O–H groups in total. The number of nitrogens with zero attached hydrogens (tertiary/aromatic N) is 2. The Kier molecular flexibility index (Phi) is 6.25. The smallest absolute Gasteiger partial charge is 0.355 e. The van der Waals surface area contributed by atoms with E-state index in [1.807, 2.05) is 11.8 Å². The minimum atomic E-state index is -0.673. The van der Waals surface area contributed by atoms with Crippen LogP contribution in [0.4, 0.5) is 9.52 Å². The van der Waals surface area contributed by atoms with E-state index in [4.69, 9.17) is 4.74 Å². The summed E-state index contributed by atoms with van der Waals surface area (Å²) in [6.07, 6.45) is 1.60. The molecule has 1 aromatic carbocycles. The van der Waals surface area contributed by atoms with Gasteiger partial charge < -0.3 is 14.4 Å². The maximum Gasteiger partial charge on any atom is 0.355 e. The summed E-state index contributed by atoms with van der Waals surface area (Å²) in [6, 6.07) is 5.68. The molecule has 0 aliphatic heterocycles. The van der Waals surface area contributed by atoms with Crippen LogP contribution in [0.5, 0.6) is 5.75 Å². The molecule has 1 heterocycles. The molecule has 1 aromatic heterocycles. The lowest BCUT2D eigenvalue weighted by Crippen LogP contribution is -2.25. The summed E-state index contributed by atoms with van der Waals surface area (Å²) in [5.74, 6) is -1.73. The molecular formula is C16H17FN2O4S. The number of aromatic nitrogens is 1. The van der Waals surface area contributed by atoms with Gasteiger partial charge in [-0.1, -0.05) is 23.5 Å². The number of ether oxygens (including phenoxy) is 2. The van der Waals surface area contributed by atoms with E-state index in [1.54, 1.807) is 6.07 Å². The molecule has 128 valence electrons. The number of carbonyl (C=O) groups excluding carboxylic acids is 2. The third kappa shape index (κ3) is 4.51. The van der Waals surface area contributed by atoms with Gasteiger partial charge in [-0.25, -0.2) is 14.2 Å². The third-order valence-electron chi connectivity index (χ3n) is 3.20. The number of benzene rings is 1. The van der Waals surface area contributed by atoms with E-state index >= 15 is 0 Å². The third-order valence-corrected chi connectivity index (χ3v) is 4.24. The highest BCUT2D eigenvalue weighted by Crippen LogP contribution is 2.25. The van der Waals surface area contributed by atoms with E-state index in [9.17, 15) is 14.0 Å². The maximum absolute atomic E-state index is 13.5. The van der Waals surface area contributed by atoms with Crippen molar-refractivity contribution in [2.75, 3.05) is 25.1 Å². The monoisotopic (exact) mass is 352 g/mol. The molecular weight excluding hydrogens is 335 g/mol. The number of para-hydroxylation sites is 1. The lowest BCUT2D eigenvalue weighted by molar-refractivity contribution is -0.140. The molecule has 2 aromatic rings. The molecule has 2 rings (SSSR count). The van der Waals surface area contributed by atoms with E-state index in [1.165, 1.54) is 31.5 Å². The van der Waals surface area contributed by atoms with Gasteiger partial charge in [0.1, 0.15) is 4.88 Å². The largest absolute Gasteiger partial charge is 0.469 e. The molecule has 8 heteroatoms. The zero-order valence-electron chi connectivity index (χ0n) is 13.3. The van der Waals surface area contributed by atoms with Crippen molar-refractivity contribution in [2.45, 2.75) is 13.3 Å². The molecule has 6 nitrogen and oxygen atoms in total. The van der Waals surface area contributed by atoms with Crippen LogP contribution in [0, 0.1) is 5.82 Å². The van der Waals surface area contributed by atoms with E-state index in [0.29, 0.717) is 18.2 Å². The van der Waals surface area contributed by atoms with E-state index in [0.717, 1.165) is 11.3 Å². The first kappa shape index (κ1) is 17.9. The summed E-state index contributed by atoms with van der Waals surface area (Å²) in [5, 5.41) is 0.585. The molecule has 0 saturated carbocycles. The fraction of sp³-hybridized carbons (Fsp3) is 0.312. The average Bonchev–Trinajstić information content (AvgIpc) is 3.07. The number of hydrogen-bond acceptors (Lipinski definition) is 7. The molecule has 0 unspecified atom stereocenters. The molecule has 24 heavy (non-hydrogen) atoms. The number of rotatable bonds is 7. The Morgan fingerprint density at radius 3 is 2.75 bits per heavy atom. The van der Waals surface area contributed by atoms with Crippen LogP contribution in [0.1, 0.15) is 23.0 Å². The highest BCUT2D eigenvalue weighted by molar-refractivity contribution is 7.17. The number of methoxy groups -OCH3 is 1. The molecule has 0 amide bonds. The van der Waals surface area contributed by atoms with Gasteiger partial charge in [-0.05, 0) is 19.1 Å². The van der Waals surface area contributed by atoms with Gasteiger partial charge >= 0.3 is 11.9 Å². The van der Waals surface area contributed by atoms with Gasteiger partial charge in [0.2, 0.25) is 0 Å². The first-order valence-electron chi connectivity index (χ1n) is 7.29. The Hall–Kier alpha value is -2.48. The van der Waals surface area contributed by atoms with E-state index in [-0.39, 0.29) is 23.0 Å². The molecule has 0 aliphatic carbocycles. The van der Waals surface area contributed by atoms with Crippen molar-refractivity contribution in [3.05, 3.63) is 41.2 Å².